The van der Waals surface area contributed by atoms with Crippen LogP contribution in [0.4, 0.5) is 0 Å². The molecule has 1 heterocycles. The minimum Gasteiger partial charge on any atom is -0.493 e. The van der Waals surface area contributed by atoms with Gasteiger partial charge in [-0.25, -0.2) is 0 Å². The van der Waals surface area contributed by atoms with Crippen molar-refractivity contribution in [3.8, 4) is 11.5 Å². The van der Waals surface area contributed by atoms with E-state index in [2.05, 4.69) is 65.8 Å². The number of carboxylic acids is 1. The molecule has 370 valence electrons. The van der Waals surface area contributed by atoms with Gasteiger partial charge in [0.1, 0.15) is 11.5 Å². The average Bonchev–Trinajstić information content (AvgIpc) is 3.25. The Morgan fingerprint density at radius 3 is 1.53 bits per heavy atom. The van der Waals surface area contributed by atoms with E-state index in [1.54, 1.807) is 13.2 Å². The van der Waals surface area contributed by atoms with E-state index < -0.39 is 11.9 Å². The molecule has 0 spiro atoms. The number of rotatable bonds is 31. The molecule has 66 heavy (non-hydrogen) atoms. The molecule has 0 fully saturated rings. The normalized spacial score (nSPS) is 16.8. The summed E-state index contributed by atoms with van der Waals surface area (Å²) < 4.78 is 17.8. The topological polar surface area (TPSA) is 116 Å². The van der Waals surface area contributed by atoms with Gasteiger partial charge < -0.3 is 19.3 Å². The highest BCUT2D eigenvalue weighted by atomic mass is 16.6. The first-order chi connectivity index (χ1) is 31.7. The Kier molecular flexibility index (Phi) is 26.6. The molecule has 0 atom stereocenters. The number of hydrogen-bond donors (Lipinski definition) is 1. The number of ketones is 2. The smallest absolute Gasteiger partial charge is 0.311 e. The van der Waals surface area contributed by atoms with Crippen molar-refractivity contribution in [1.82, 2.24) is 0 Å². The van der Waals surface area contributed by atoms with Gasteiger partial charge in [0.2, 0.25) is 0 Å². The van der Waals surface area contributed by atoms with Crippen LogP contribution in [0.5, 0.6) is 11.5 Å². The van der Waals surface area contributed by atoms with Crippen molar-refractivity contribution in [2.24, 2.45) is 10.8 Å². The number of hydrogen-bond acceptors (Lipinski definition) is 7. The van der Waals surface area contributed by atoms with Crippen molar-refractivity contribution in [3.63, 3.8) is 0 Å². The summed E-state index contributed by atoms with van der Waals surface area (Å²) in [5.41, 5.74) is 1.49. The van der Waals surface area contributed by atoms with E-state index in [-0.39, 0.29) is 28.4 Å². The summed E-state index contributed by atoms with van der Waals surface area (Å²) in [6, 6.07) is 5.40. The zero-order valence-electron chi connectivity index (χ0n) is 42.6. The van der Waals surface area contributed by atoms with Crippen LogP contribution in [0.2, 0.25) is 0 Å². The van der Waals surface area contributed by atoms with Crippen molar-refractivity contribution >= 4 is 23.5 Å². The number of Topliss-reactive ketones (excluding diaryl/α,β-unsaturated/α-hetero) is 2. The van der Waals surface area contributed by atoms with Crippen molar-refractivity contribution < 1.29 is 38.5 Å². The average molecular weight is 915 g/mol. The lowest BCUT2D eigenvalue weighted by molar-refractivity contribution is -0.137. The number of carboxylic acid groups (broad SMARTS) is 1. The molecule has 0 saturated heterocycles. The standard InChI is InChI=1S/C42H58O6.C16H32O2/c1-7-8-9-10-11-12-13-14-15-16-17-18-19-20-21-22-37(45)48-33-24-23-30(25-34(33)46-6)38-39-31(43)26-41(2,3)28-35(39)47-36-29-42(4,5)27-32(44)40(36)38;1-2-3-4-5-6-7-8-9-10-11-12-13-14-15-16(17)18/h11-12,14-15,23-25,38H,7-10,13,16-22,26-29H2,1-6H3;2-15H2,1H3,(H,17,18). The molecule has 0 bridgehead atoms. The number of aliphatic carboxylic acids is 1. The summed E-state index contributed by atoms with van der Waals surface area (Å²) in [6.45, 7) is 12.8. The van der Waals surface area contributed by atoms with Crippen molar-refractivity contribution in [2.45, 2.75) is 240 Å². The quantitative estimate of drug-likeness (QED) is 0.0339. The molecular weight excluding hydrogens is 825 g/mol. The van der Waals surface area contributed by atoms with Crippen LogP contribution >= 0.6 is 0 Å². The summed E-state index contributed by atoms with van der Waals surface area (Å²) in [5.74, 6) is 0.669. The summed E-state index contributed by atoms with van der Waals surface area (Å²) in [4.78, 5) is 50.3. The van der Waals surface area contributed by atoms with Crippen LogP contribution in [-0.4, -0.2) is 35.7 Å². The number of esters is 1. The van der Waals surface area contributed by atoms with Crippen LogP contribution in [0.3, 0.4) is 0 Å². The SMILES string of the molecule is CCCCCC=CCC=CCCCCCCCC(=O)Oc1ccc(C2C3=C(CC(C)(C)CC3=O)OC3=C2C(=O)CC(C)(C)C3)cc1OC.CCCCCCCCCCCCCCCC(=O)O. The zero-order chi connectivity index (χ0) is 48.2. The number of carbonyl (C=O) groups is 4. The van der Waals surface area contributed by atoms with E-state index in [4.69, 9.17) is 19.3 Å². The van der Waals surface area contributed by atoms with Gasteiger partial charge in [0.05, 0.1) is 7.11 Å². The Morgan fingerprint density at radius 1 is 0.606 bits per heavy atom. The fourth-order valence-corrected chi connectivity index (χ4v) is 9.50. The summed E-state index contributed by atoms with van der Waals surface area (Å²) in [5, 5.41) is 8.49. The summed E-state index contributed by atoms with van der Waals surface area (Å²) in [6.07, 6.45) is 41.2. The van der Waals surface area contributed by atoms with Crippen LogP contribution in [0.25, 0.3) is 0 Å². The van der Waals surface area contributed by atoms with Gasteiger partial charge in [0.25, 0.3) is 0 Å². The van der Waals surface area contributed by atoms with Gasteiger partial charge in [0.15, 0.2) is 23.1 Å². The van der Waals surface area contributed by atoms with E-state index >= 15 is 0 Å². The maximum absolute atomic E-state index is 13.6. The van der Waals surface area contributed by atoms with E-state index in [1.165, 1.54) is 103 Å². The third kappa shape index (κ3) is 21.3. The van der Waals surface area contributed by atoms with Crippen LogP contribution < -0.4 is 9.47 Å². The van der Waals surface area contributed by atoms with Gasteiger partial charge in [-0.2, -0.15) is 0 Å². The first-order valence-electron chi connectivity index (χ1n) is 26.3. The number of unbranched alkanes of at least 4 members (excludes halogenated alkanes) is 20. The largest absolute Gasteiger partial charge is 0.493 e. The Balaban J connectivity index is 0.000000542. The highest BCUT2D eigenvalue weighted by Crippen LogP contribution is 2.54. The molecule has 8 heteroatoms. The molecule has 1 aromatic carbocycles. The van der Waals surface area contributed by atoms with Crippen LogP contribution in [0, 0.1) is 10.8 Å². The third-order valence-corrected chi connectivity index (χ3v) is 13.2. The maximum Gasteiger partial charge on any atom is 0.311 e. The number of carbonyl (C=O) groups excluding carboxylic acids is 3. The number of allylic oxidation sites excluding steroid dienone is 8. The molecule has 1 aromatic rings. The maximum atomic E-state index is 13.6. The molecular formula is C58H90O8. The molecule has 3 aliphatic rings. The molecule has 0 saturated carbocycles. The van der Waals surface area contributed by atoms with E-state index in [0.717, 1.165) is 56.9 Å². The molecule has 0 amide bonds. The monoisotopic (exact) mass is 915 g/mol. The Morgan fingerprint density at radius 2 is 1.05 bits per heavy atom. The Labute approximate surface area is 400 Å². The van der Waals surface area contributed by atoms with Crippen LogP contribution in [0.1, 0.15) is 246 Å². The first-order valence-corrected chi connectivity index (χ1v) is 26.3. The number of benzene rings is 1. The number of methoxy groups -OCH3 is 1. The highest BCUT2D eigenvalue weighted by molar-refractivity contribution is 6.06. The molecule has 0 aromatic heterocycles. The predicted molar refractivity (Wildman–Crippen MR) is 270 cm³/mol. The lowest BCUT2D eigenvalue weighted by atomic mass is 9.65. The van der Waals surface area contributed by atoms with Gasteiger partial charge in [0, 0.05) is 55.6 Å². The second kappa shape index (κ2) is 31.2. The summed E-state index contributed by atoms with van der Waals surface area (Å²) >= 11 is 0. The van der Waals surface area contributed by atoms with E-state index in [9.17, 15) is 19.2 Å². The van der Waals surface area contributed by atoms with E-state index in [0.29, 0.717) is 72.7 Å². The van der Waals surface area contributed by atoms with Gasteiger partial charge in [-0.1, -0.05) is 181 Å². The Bertz CT molecular complexity index is 1720. The fourth-order valence-electron chi connectivity index (χ4n) is 9.50. The summed E-state index contributed by atoms with van der Waals surface area (Å²) in [7, 11) is 1.54. The molecule has 4 rings (SSSR count). The lowest BCUT2D eigenvalue weighted by Crippen LogP contribution is -2.37. The van der Waals surface area contributed by atoms with Crippen molar-refractivity contribution in [1.29, 1.82) is 0 Å². The molecule has 2 aliphatic carbocycles. The van der Waals surface area contributed by atoms with Crippen molar-refractivity contribution in [2.75, 3.05) is 7.11 Å². The van der Waals surface area contributed by atoms with Gasteiger partial charge in [-0.15, -0.1) is 0 Å². The second-order valence-electron chi connectivity index (χ2n) is 20.8. The van der Waals surface area contributed by atoms with E-state index in [1.807, 2.05) is 12.1 Å². The van der Waals surface area contributed by atoms with Crippen LogP contribution in [-0.2, 0) is 23.9 Å². The zero-order valence-corrected chi connectivity index (χ0v) is 42.6. The third-order valence-electron chi connectivity index (χ3n) is 13.2. The molecule has 1 N–H and O–H groups in total. The highest BCUT2D eigenvalue weighted by Gasteiger charge is 2.48. The minimum atomic E-state index is -0.655. The molecule has 0 radical (unpaired) electrons. The number of ether oxygens (including phenoxy) is 3. The molecule has 1 aliphatic heterocycles. The first kappa shape index (κ1) is 56.4. The van der Waals surface area contributed by atoms with Crippen LogP contribution in [0.15, 0.2) is 65.2 Å². The fraction of sp³-hybridized carbons (Fsp3) is 0.690. The second-order valence-corrected chi connectivity index (χ2v) is 20.8. The molecule has 8 nitrogen and oxygen atoms in total. The van der Waals surface area contributed by atoms with Gasteiger partial charge >= 0.3 is 11.9 Å². The molecule has 0 unspecified atom stereocenters. The Hall–Kier alpha value is -3.94. The predicted octanol–water partition coefficient (Wildman–Crippen LogP) is 16.4. The van der Waals surface area contributed by atoms with Gasteiger partial charge in [-0.05, 0) is 73.5 Å². The lowest BCUT2D eigenvalue weighted by Gasteiger charge is -2.42. The van der Waals surface area contributed by atoms with Crippen molar-refractivity contribution in [3.05, 3.63) is 70.7 Å². The van der Waals surface area contributed by atoms with Gasteiger partial charge in [-0.3, -0.25) is 19.2 Å². The minimum absolute atomic E-state index is 0.0160.